The van der Waals surface area contributed by atoms with Gasteiger partial charge >= 0.3 is 0 Å². The molecule has 1 unspecified atom stereocenters. The first-order valence-corrected chi connectivity index (χ1v) is 6.54. The Balaban J connectivity index is 1.81. The molecule has 1 atom stereocenters. The molecule has 0 spiro atoms. The fraction of sp³-hybridized carbons (Fsp3) is 0.308. The van der Waals surface area contributed by atoms with E-state index in [-0.39, 0.29) is 11.8 Å². The van der Waals surface area contributed by atoms with Crippen LogP contribution < -0.4 is 4.90 Å². The molecule has 0 aliphatic carbocycles. The smallest absolute Gasteiger partial charge is 0.247 e. The predicted octanol–water partition coefficient (Wildman–Crippen LogP) is 2.33. The maximum atomic E-state index is 11.9. The summed E-state index contributed by atoms with van der Waals surface area (Å²) in [6.45, 7) is 0.683. The van der Waals surface area contributed by atoms with Gasteiger partial charge in [0.1, 0.15) is 0 Å². The molecule has 0 N–H and O–H groups in total. The SMILES string of the molecule is O=C1CC(CCl)CN1c1ccc(-c2nnco2)cc1. The minimum Gasteiger partial charge on any atom is -0.423 e. The van der Waals surface area contributed by atoms with Crippen molar-refractivity contribution in [3.63, 3.8) is 0 Å². The van der Waals surface area contributed by atoms with Gasteiger partial charge in [0, 0.05) is 30.1 Å². The Morgan fingerprint density at radius 2 is 2.16 bits per heavy atom. The molecule has 2 heterocycles. The lowest BCUT2D eigenvalue weighted by atomic mass is 10.1. The van der Waals surface area contributed by atoms with Crippen LogP contribution in [0.1, 0.15) is 6.42 Å². The van der Waals surface area contributed by atoms with Gasteiger partial charge < -0.3 is 9.32 Å². The van der Waals surface area contributed by atoms with Crippen LogP contribution in [-0.2, 0) is 4.79 Å². The number of hydrogen-bond donors (Lipinski definition) is 0. The van der Waals surface area contributed by atoms with Crippen molar-refractivity contribution in [2.75, 3.05) is 17.3 Å². The quantitative estimate of drug-likeness (QED) is 0.808. The van der Waals surface area contributed by atoms with Crippen LogP contribution in [0.4, 0.5) is 5.69 Å². The lowest BCUT2D eigenvalue weighted by Gasteiger charge is -2.16. The number of carbonyl (C=O) groups excluding carboxylic acids is 1. The highest BCUT2D eigenvalue weighted by Gasteiger charge is 2.29. The first kappa shape index (κ1) is 12.2. The Hall–Kier alpha value is -1.88. The monoisotopic (exact) mass is 277 g/mol. The van der Waals surface area contributed by atoms with E-state index in [0.29, 0.717) is 24.7 Å². The number of anilines is 1. The summed E-state index contributed by atoms with van der Waals surface area (Å²) >= 11 is 5.81. The summed E-state index contributed by atoms with van der Waals surface area (Å²) in [5.41, 5.74) is 1.71. The molecule has 0 saturated carbocycles. The summed E-state index contributed by atoms with van der Waals surface area (Å²) in [5, 5.41) is 7.47. The van der Waals surface area contributed by atoms with Gasteiger partial charge in [0.2, 0.25) is 18.2 Å². The standard InChI is InChI=1S/C13H12ClN3O2/c14-6-9-5-12(18)17(7-9)11-3-1-10(2-4-11)13-16-15-8-19-13/h1-4,8-9H,5-7H2. The number of rotatable bonds is 3. The van der Waals surface area contributed by atoms with Crippen LogP contribution in [0, 0.1) is 5.92 Å². The van der Waals surface area contributed by atoms with Crippen molar-refractivity contribution >= 4 is 23.2 Å². The van der Waals surface area contributed by atoms with Gasteiger partial charge in [-0.05, 0) is 30.2 Å². The van der Waals surface area contributed by atoms with Crippen molar-refractivity contribution in [2.45, 2.75) is 6.42 Å². The maximum Gasteiger partial charge on any atom is 0.247 e. The summed E-state index contributed by atoms with van der Waals surface area (Å²) in [4.78, 5) is 13.7. The Morgan fingerprint density at radius 3 is 2.74 bits per heavy atom. The van der Waals surface area contributed by atoms with Crippen molar-refractivity contribution in [3.05, 3.63) is 30.7 Å². The van der Waals surface area contributed by atoms with Crippen molar-refractivity contribution in [1.82, 2.24) is 10.2 Å². The molecule has 1 saturated heterocycles. The Bertz CT molecular complexity index is 568. The second kappa shape index (κ2) is 5.01. The van der Waals surface area contributed by atoms with Crippen LogP contribution in [0.3, 0.4) is 0 Å². The van der Waals surface area contributed by atoms with Crippen LogP contribution in [-0.4, -0.2) is 28.5 Å². The van der Waals surface area contributed by atoms with Gasteiger partial charge in [-0.1, -0.05) is 0 Å². The number of carbonyl (C=O) groups is 1. The Labute approximate surface area is 115 Å². The van der Waals surface area contributed by atoms with Crippen LogP contribution in [0.15, 0.2) is 35.1 Å². The van der Waals surface area contributed by atoms with Crippen molar-refractivity contribution in [1.29, 1.82) is 0 Å². The minimum absolute atomic E-state index is 0.121. The molecule has 6 heteroatoms. The lowest BCUT2D eigenvalue weighted by molar-refractivity contribution is -0.117. The zero-order chi connectivity index (χ0) is 13.2. The van der Waals surface area contributed by atoms with E-state index in [2.05, 4.69) is 10.2 Å². The summed E-state index contributed by atoms with van der Waals surface area (Å²) in [7, 11) is 0. The zero-order valence-corrected chi connectivity index (χ0v) is 10.9. The molecule has 0 bridgehead atoms. The second-order valence-electron chi connectivity index (χ2n) is 4.52. The summed E-state index contributed by atoms with van der Waals surface area (Å²) < 4.78 is 5.12. The number of aromatic nitrogens is 2. The van der Waals surface area contributed by atoms with Crippen LogP contribution >= 0.6 is 11.6 Å². The molecule has 19 heavy (non-hydrogen) atoms. The average molecular weight is 278 g/mol. The maximum absolute atomic E-state index is 11.9. The highest BCUT2D eigenvalue weighted by molar-refractivity contribution is 6.18. The largest absolute Gasteiger partial charge is 0.423 e. The van der Waals surface area contributed by atoms with Gasteiger partial charge in [0.05, 0.1) is 0 Å². The van der Waals surface area contributed by atoms with Crippen molar-refractivity contribution in [2.24, 2.45) is 5.92 Å². The van der Waals surface area contributed by atoms with E-state index in [1.165, 1.54) is 6.39 Å². The second-order valence-corrected chi connectivity index (χ2v) is 4.83. The van der Waals surface area contributed by atoms with Crippen LogP contribution in [0.2, 0.25) is 0 Å². The highest BCUT2D eigenvalue weighted by atomic mass is 35.5. The third-order valence-corrected chi connectivity index (χ3v) is 3.65. The molecule has 3 rings (SSSR count). The number of amides is 1. The van der Waals surface area contributed by atoms with E-state index in [1.807, 2.05) is 24.3 Å². The van der Waals surface area contributed by atoms with Crippen LogP contribution in [0.25, 0.3) is 11.5 Å². The average Bonchev–Trinajstić information content (AvgIpc) is 3.08. The first-order chi connectivity index (χ1) is 9.28. The normalized spacial score (nSPS) is 19.1. The lowest BCUT2D eigenvalue weighted by Crippen LogP contribution is -2.24. The van der Waals surface area contributed by atoms with Gasteiger partial charge in [-0.3, -0.25) is 4.79 Å². The van der Waals surface area contributed by atoms with E-state index < -0.39 is 0 Å². The molecule has 1 aromatic heterocycles. The third kappa shape index (κ3) is 2.33. The van der Waals surface area contributed by atoms with Gasteiger partial charge in [0.25, 0.3) is 0 Å². The molecule has 1 amide bonds. The molecule has 1 aliphatic rings. The van der Waals surface area contributed by atoms with Gasteiger partial charge in [-0.25, -0.2) is 0 Å². The number of benzene rings is 1. The molecule has 1 aliphatic heterocycles. The molecule has 0 radical (unpaired) electrons. The number of alkyl halides is 1. The number of hydrogen-bond acceptors (Lipinski definition) is 4. The van der Waals surface area contributed by atoms with Crippen molar-refractivity contribution < 1.29 is 9.21 Å². The van der Waals surface area contributed by atoms with Gasteiger partial charge in [-0.15, -0.1) is 21.8 Å². The molecular formula is C13H12ClN3O2. The van der Waals surface area contributed by atoms with Crippen molar-refractivity contribution in [3.8, 4) is 11.5 Å². The third-order valence-electron chi connectivity index (χ3n) is 3.21. The van der Waals surface area contributed by atoms with E-state index in [9.17, 15) is 4.79 Å². The minimum atomic E-state index is 0.121. The summed E-state index contributed by atoms with van der Waals surface area (Å²) in [5.74, 6) is 1.35. The first-order valence-electron chi connectivity index (χ1n) is 6.01. The summed E-state index contributed by atoms with van der Waals surface area (Å²) in [6, 6.07) is 7.50. The molecule has 1 fully saturated rings. The fourth-order valence-electron chi connectivity index (χ4n) is 2.22. The predicted molar refractivity (Wildman–Crippen MR) is 70.9 cm³/mol. The van der Waals surface area contributed by atoms with Crippen LogP contribution in [0.5, 0.6) is 0 Å². The van der Waals surface area contributed by atoms with Gasteiger partial charge in [0.15, 0.2) is 0 Å². The Morgan fingerprint density at radius 1 is 1.37 bits per heavy atom. The molecule has 5 nitrogen and oxygen atoms in total. The number of nitrogens with zero attached hydrogens (tertiary/aromatic N) is 3. The molecular weight excluding hydrogens is 266 g/mol. The zero-order valence-electron chi connectivity index (χ0n) is 10.1. The Kier molecular flexibility index (Phi) is 3.21. The van der Waals surface area contributed by atoms with E-state index in [1.54, 1.807) is 4.90 Å². The van der Waals surface area contributed by atoms with Gasteiger partial charge in [-0.2, -0.15) is 0 Å². The fourth-order valence-corrected chi connectivity index (χ4v) is 2.42. The number of halogens is 1. The molecule has 2 aromatic rings. The summed E-state index contributed by atoms with van der Waals surface area (Å²) in [6.07, 6.45) is 1.81. The molecule has 98 valence electrons. The van der Waals surface area contributed by atoms with E-state index >= 15 is 0 Å². The van der Waals surface area contributed by atoms with E-state index in [4.69, 9.17) is 16.0 Å². The topological polar surface area (TPSA) is 59.2 Å². The van der Waals surface area contributed by atoms with E-state index in [0.717, 1.165) is 11.3 Å². The molecule has 1 aromatic carbocycles. The highest BCUT2D eigenvalue weighted by Crippen LogP contribution is 2.27.